The summed E-state index contributed by atoms with van der Waals surface area (Å²) in [5, 5.41) is 0. The molecule has 2 aromatic rings. The lowest BCUT2D eigenvalue weighted by molar-refractivity contribution is 0.0751. The van der Waals surface area contributed by atoms with Crippen LogP contribution in [0, 0.1) is 0 Å². The summed E-state index contributed by atoms with van der Waals surface area (Å²) in [5.41, 5.74) is 7.86. The van der Waals surface area contributed by atoms with Crippen LogP contribution in [0.5, 0.6) is 0 Å². The number of carbonyl (C=O) groups excluding carboxylic acids is 1. The fourth-order valence-electron chi connectivity index (χ4n) is 2.51. The van der Waals surface area contributed by atoms with Crippen molar-refractivity contribution in [3.63, 3.8) is 0 Å². The first-order valence-electron chi connectivity index (χ1n) is 6.79. The quantitative estimate of drug-likeness (QED) is 0.832. The van der Waals surface area contributed by atoms with Crippen LogP contribution >= 0.6 is 27.3 Å². The first-order valence-corrected chi connectivity index (χ1v) is 8.40. The summed E-state index contributed by atoms with van der Waals surface area (Å²) in [6.45, 7) is 3.07. The molecule has 0 atom stereocenters. The van der Waals surface area contributed by atoms with Crippen LogP contribution < -0.4 is 10.6 Å². The third kappa shape index (κ3) is 3.06. The predicted octanol–water partition coefficient (Wildman–Crippen LogP) is 3.06. The molecule has 110 valence electrons. The van der Waals surface area contributed by atoms with Gasteiger partial charge in [0, 0.05) is 26.2 Å². The van der Waals surface area contributed by atoms with Gasteiger partial charge in [-0.3, -0.25) is 4.79 Å². The molecule has 2 heterocycles. The molecule has 1 aliphatic rings. The summed E-state index contributed by atoms with van der Waals surface area (Å²) < 4.78 is 0.988. The molecule has 0 bridgehead atoms. The maximum atomic E-state index is 12.4. The second-order valence-corrected chi connectivity index (χ2v) is 7.40. The number of piperazine rings is 1. The summed E-state index contributed by atoms with van der Waals surface area (Å²) in [6, 6.07) is 11.7. The molecule has 0 aliphatic carbocycles. The molecule has 0 unspecified atom stereocenters. The van der Waals surface area contributed by atoms with Crippen molar-refractivity contribution in [2.45, 2.75) is 0 Å². The number of hydrogen-bond donors (Lipinski definition) is 1. The van der Waals surface area contributed by atoms with Crippen LogP contribution in [0.15, 0.2) is 40.2 Å². The standard InChI is InChI=1S/C15H16BrN3OS/c16-14-6-5-13(21-14)15(20)19-9-7-18(8-10-19)12-4-2-1-3-11(12)17/h1-6H,7-10,17H2. The van der Waals surface area contributed by atoms with Gasteiger partial charge >= 0.3 is 0 Å². The largest absolute Gasteiger partial charge is 0.397 e. The molecule has 1 amide bonds. The van der Waals surface area contributed by atoms with E-state index in [4.69, 9.17) is 5.73 Å². The van der Waals surface area contributed by atoms with Gasteiger partial charge in [-0.05, 0) is 40.2 Å². The van der Waals surface area contributed by atoms with Crippen LogP contribution in [0.25, 0.3) is 0 Å². The van der Waals surface area contributed by atoms with Crippen LogP contribution in [0.2, 0.25) is 0 Å². The zero-order valence-electron chi connectivity index (χ0n) is 11.5. The average molecular weight is 366 g/mol. The summed E-state index contributed by atoms with van der Waals surface area (Å²) in [7, 11) is 0. The lowest BCUT2D eigenvalue weighted by atomic mass is 10.2. The van der Waals surface area contributed by atoms with E-state index < -0.39 is 0 Å². The minimum absolute atomic E-state index is 0.117. The number of benzene rings is 1. The Bertz CT molecular complexity index is 650. The highest BCUT2D eigenvalue weighted by Crippen LogP contribution is 2.26. The van der Waals surface area contributed by atoms with Gasteiger partial charge in [0.05, 0.1) is 20.0 Å². The van der Waals surface area contributed by atoms with Gasteiger partial charge in [0.1, 0.15) is 0 Å². The highest BCUT2D eigenvalue weighted by Gasteiger charge is 2.23. The number of thiophene rings is 1. The fourth-order valence-corrected chi connectivity index (χ4v) is 3.87. The molecule has 1 aromatic carbocycles. The number of halogens is 1. The monoisotopic (exact) mass is 365 g/mol. The fraction of sp³-hybridized carbons (Fsp3) is 0.267. The molecule has 1 aliphatic heterocycles. The first kappa shape index (κ1) is 14.4. The maximum Gasteiger partial charge on any atom is 0.264 e. The Morgan fingerprint density at radius 2 is 1.81 bits per heavy atom. The molecule has 1 saturated heterocycles. The predicted molar refractivity (Wildman–Crippen MR) is 91.0 cm³/mol. The van der Waals surface area contributed by atoms with Gasteiger partial charge in [-0.15, -0.1) is 11.3 Å². The summed E-state index contributed by atoms with van der Waals surface area (Å²) in [5.74, 6) is 0.117. The number of hydrogen-bond acceptors (Lipinski definition) is 4. The van der Waals surface area contributed by atoms with Crippen molar-refractivity contribution in [1.82, 2.24) is 4.90 Å². The Balaban J connectivity index is 1.65. The van der Waals surface area contributed by atoms with Crippen LogP contribution in [-0.4, -0.2) is 37.0 Å². The SMILES string of the molecule is Nc1ccccc1N1CCN(C(=O)c2ccc(Br)s2)CC1. The van der Waals surface area contributed by atoms with E-state index in [1.807, 2.05) is 41.3 Å². The van der Waals surface area contributed by atoms with E-state index in [9.17, 15) is 4.79 Å². The number of para-hydroxylation sites is 2. The number of nitrogen functional groups attached to an aromatic ring is 1. The van der Waals surface area contributed by atoms with E-state index in [1.165, 1.54) is 11.3 Å². The van der Waals surface area contributed by atoms with Gasteiger partial charge in [0.25, 0.3) is 5.91 Å². The zero-order valence-corrected chi connectivity index (χ0v) is 13.9. The Kier molecular flexibility index (Phi) is 4.17. The van der Waals surface area contributed by atoms with Crippen LogP contribution in [0.4, 0.5) is 11.4 Å². The van der Waals surface area contributed by atoms with Crippen molar-refractivity contribution in [2.24, 2.45) is 0 Å². The van der Waals surface area contributed by atoms with Gasteiger partial charge < -0.3 is 15.5 Å². The second-order valence-electron chi connectivity index (χ2n) is 4.94. The third-order valence-electron chi connectivity index (χ3n) is 3.63. The first-order chi connectivity index (χ1) is 10.1. The molecule has 1 aromatic heterocycles. The van der Waals surface area contributed by atoms with Crippen molar-refractivity contribution >= 4 is 44.5 Å². The molecule has 3 rings (SSSR count). The Hall–Kier alpha value is -1.53. The topological polar surface area (TPSA) is 49.6 Å². The highest BCUT2D eigenvalue weighted by molar-refractivity contribution is 9.11. The Morgan fingerprint density at radius 1 is 1.10 bits per heavy atom. The number of anilines is 2. The number of nitrogens with two attached hydrogens (primary N) is 1. The van der Waals surface area contributed by atoms with E-state index in [0.717, 1.165) is 46.2 Å². The van der Waals surface area contributed by atoms with Gasteiger partial charge in [0.15, 0.2) is 0 Å². The molecule has 6 heteroatoms. The molecule has 2 N–H and O–H groups in total. The Labute approximate surface area is 136 Å². The molecule has 4 nitrogen and oxygen atoms in total. The number of amides is 1. The second kappa shape index (κ2) is 6.07. The number of nitrogens with zero attached hydrogens (tertiary/aromatic N) is 2. The van der Waals surface area contributed by atoms with Crippen LogP contribution in [0.1, 0.15) is 9.67 Å². The van der Waals surface area contributed by atoms with E-state index >= 15 is 0 Å². The van der Waals surface area contributed by atoms with Gasteiger partial charge in [-0.1, -0.05) is 12.1 Å². The van der Waals surface area contributed by atoms with E-state index in [1.54, 1.807) is 0 Å². The van der Waals surface area contributed by atoms with E-state index in [0.29, 0.717) is 0 Å². The summed E-state index contributed by atoms with van der Waals surface area (Å²) in [4.78, 5) is 17.3. The van der Waals surface area contributed by atoms with Gasteiger partial charge in [-0.25, -0.2) is 0 Å². The summed E-state index contributed by atoms with van der Waals surface area (Å²) in [6.07, 6.45) is 0. The van der Waals surface area contributed by atoms with Crippen molar-refractivity contribution < 1.29 is 4.79 Å². The van der Waals surface area contributed by atoms with Gasteiger partial charge in [0.2, 0.25) is 0 Å². The van der Waals surface area contributed by atoms with Crippen molar-refractivity contribution in [2.75, 3.05) is 36.8 Å². The molecule has 0 radical (unpaired) electrons. The number of rotatable bonds is 2. The molecule has 0 saturated carbocycles. The van der Waals surface area contributed by atoms with E-state index in [-0.39, 0.29) is 5.91 Å². The Morgan fingerprint density at radius 3 is 2.43 bits per heavy atom. The smallest absolute Gasteiger partial charge is 0.264 e. The summed E-state index contributed by atoms with van der Waals surface area (Å²) >= 11 is 4.88. The van der Waals surface area contributed by atoms with Crippen molar-refractivity contribution in [3.8, 4) is 0 Å². The van der Waals surface area contributed by atoms with Crippen molar-refractivity contribution in [1.29, 1.82) is 0 Å². The van der Waals surface area contributed by atoms with Crippen LogP contribution in [0.3, 0.4) is 0 Å². The normalized spacial score (nSPS) is 15.3. The molecule has 21 heavy (non-hydrogen) atoms. The maximum absolute atomic E-state index is 12.4. The molecular formula is C15H16BrN3OS. The van der Waals surface area contributed by atoms with E-state index in [2.05, 4.69) is 20.8 Å². The molecule has 0 spiro atoms. The van der Waals surface area contributed by atoms with Crippen molar-refractivity contribution in [3.05, 3.63) is 45.1 Å². The number of carbonyl (C=O) groups is 1. The van der Waals surface area contributed by atoms with Crippen LogP contribution in [-0.2, 0) is 0 Å². The van der Waals surface area contributed by atoms with Gasteiger partial charge in [-0.2, -0.15) is 0 Å². The average Bonchev–Trinajstić information content (AvgIpc) is 2.94. The molecular weight excluding hydrogens is 350 g/mol. The minimum atomic E-state index is 0.117. The minimum Gasteiger partial charge on any atom is -0.397 e. The zero-order chi connectivity index (χ0) is 14.8. The highest BCUT2D eigenvalue weighted by atomic mass is 79.9. The lowest BCUT2D eigenvalue weighted by Gasteiger charge is -2.36. The lowest BCUT2D eigenvalue weighted by Crippen LogP contribution is -2.48. The molecule has 1 fully saturated rings. The third-order valence-corrected chi connectivity index (χ3v) is 5.24.